The lowest BCUT2D eigenvalue weighted by atomic mass is 10.1. The summed E-state index contributed by atoms with van der Waals surface area (Å²) in [5, 5.41) is 9.19. The third kappa shape index (κ3) is 1.67. The molecule has 3 heteroatoms. The fourth-order valence-electron chi connectivity index (χ4n) is 1.14. The van der Waals surface area contributed by atoms with Crippen molar-refractivity contribution in [3.63, 3.8) is 0 Å². The first kappa shape index (κ1) is 9.26. The van der Waals surface area contributed by atoms with Crippen LogP contribution in [0.2, 0.25) is 0 Å². The zero-order valence-corrected chi connectivity index (χ0v) is 7.96. The molecule has 0 saturated carbocycles. The first-order valence-electron chi connectivity index (χ1n) is 4.17. The van der Waals surface area contributed by atoms with Crippen LogP contribution in [-0.2, 0) is 0 Å². The minimum absolute atomic E-state index is 0.324. The van der Waals surface area contributed by atoms with Gasteiger partial charge < -0.3 is 9.52 Å². The average Bonchev–Trinajstić information content (AvgIpc) is 2.30. The van der Waals surface area contributed by atoms with E-state index in [4.69, 9.17) is 4.42 Å². The summed E-state index contributed by atoms with van der Waals surface area (Å²) < 4.78 is 5.38. The standard InChI is InChI=1S/C9H15NO2/c1-5(2)8-6(3)10-9(12-8)7(4)11/h5,7,11H,1-4H3. The van der Waals surface area contributed by atoms with Gasteiger partial charge in [-0.3, -0.25) is 0 Å². The van der Waals surface area contributed by atoms with E-state index in [-0.39, 0.29) is 0 Å². The Morgan fingerprint density at radius 3 is 2.17 bits per heavy atom. The maximum absolute atomic E-state index is 9.19. The summed E-state index contributed by atoms with van der Waals surface area (Å²) in [7, 11) is 0. The maximum atomic E-state index is 9.19. The van der Waals surface area contributed by atoms with Crippen LogP contribution in [0.1, 0.15) is 50.1 Å². The Morgan fingerprint density at radius 1 is 1.33 bits per heavy atom. The van der Waals surface area contributed by atoms with Gasteiger partial charge in [0.15, 0.2) is 0 Å². The molecule has 1 unspecified atom stereocenters. The van der Waals surface area contributed by atoms with Crippen molar-refractivity contribution in [1.82, 2.24) is 4.98 Å². The number of hydrogen-bond acceptors (Lipinski definition) is 3. The third-order valence-electron chi connectivity index (χ3n) is 1.73. The molecule has 1 aromatic heterocycles. The van der Waals surface area contributed by atoms with Crippen LogP contribution in [-0.4, -0.2) is 10.1 Å². The van der Waals surface area contributed by atoms with Crippen LogP contribution in [0, 0.1) is 6.92 Å². The third-order valence-corrected chi connectivity index (χ3v) is 1.73. The molecule has 0 saturated heterocycles. The molecule has 0 aromatic carbocycles. The van der Waals surface area contributed by atoms with Gasteiger partial charge in [-0.15, -0.1) is 0 Å². The van der Waals surface area contributed by atoms with Gasteiger partial charge in [-0.2, -0.15) is 0 Å². The van der Waals surface area contributed by atoms with Gasteiger partial charge in [0, 0.05) is 5.92 Å². The summed E-state index contributed by atoms with van der Waals surface area (Å²) in [6, 6.07) is 0. The summed E-state index contributed by atoms with van der Waals surface area (Å²) in [5.74, 6) is 1.60. The minimum atomic E-state index is -0.615. The lowest BCUT2D eigenvalue weighted by Gasteiger charge is -1.99. The normalized spacial score (nSPS) is 13.8. The maximum Gasteiger partial charge on any atom is 0.223 e. The van der Waals surface area contributed by atoms with Gasteiger partial charge in [-0.25, -0.2) is 4.98 Å². The smallest absolute Gasteiger partial charge is 0.223 e. The number of aliphatic hydroxyl groups is 1. The number of rotatable bonds is 2. The number of nitrogens with zero attached hydrogens (tertiary/aromatic N) is 1. The molecule has 0 aliphatic heterocycles. The van der Waals surface area contributed by atoms with Crippen LogP contribution in [0.15, 0.2) is 4.42 Å². The Bertz CT molecular complexity index is 263. The Kier molecular flexibility index (Phi) is 2.52. The molecule has 0 bridgehead atoms. The monoisotopic (exact) mass is 169 g/mol. The minimum Gasteiger partial charge on any atom is -0.442 e. The molecule has 0 fully saturated rings. The number of aryl methyl sites for hydroxylation is 1. The quantitative estimate of drug-likeness (QED) is 0.737. The molecule has 1 rings (SSSR count). The number of oxazole rings is 1. The predicted octanol–water partition coefficient (Wildman–Crippen LogP) is 2.16. The molecule has 68 valence electrons. The molecule has 12 heavy (non-hydrogen) atoms. The fourth-order valence-corrected chi connectivity index (χ4v) is 1.14. The molecule has 0 aliphatic rings. The van der Waals surface area contributed by atoms with E-state index in [1.165, 1.54) is 0 Å². The molecule has 1 atom stereocenters. The van der Waals surface area contributed by atoms with E-state index in [0.717, 1.165) is 11.5 Å². The molecule has 3 nitrogen and oxygen atoms in total. The summed E-state index contributed by atoms with van der Waals surface area (Å²) in [6.45, 7) is 7.62. The zero-order chi connectivity index (χ0) is 9.30. The summed E-state index contributed by atoms with van der Waals surface area (Å²) in [6.07, 6.45) is -0.615. The van der Waals surface area contributed by atoms with Gasteiger partial charge in [0.05, 0.1) is 5.69 Å². The van der Waals surface area contributed by atoms with E-state index in [2.05, 4.69) is 4.98 Å². The van der Waals surface area contributed by atoms with Crippen molar-refractivity contribution in [1.29, 1.82) is 0 Å². The zero-order valence-electron chi connectivity index (χ0n) is 7.96. The van der Waals surface area contributed by atoms with E-state index in [0.29, 0.717) is 11.8 Å². The van der Waals surface area contributed by atoms with Gasteiger partial charge in [0.1, 0.15) is 11.9 Å². The first-order chi connectivity index (χ1) is 5.52. The van der Waals surface area contributed by atoms with Crippen LogP contribution in [0.4, 0.5) is 0 Å². The molecule has 0 spiro atoms. The number of hydrogen-bond donors (Lipinski definition) is 1. The Morgan fingerprint density at radius 2 is 1.92 bits per heavy atom. The highest BCUT2D eigenvalue weighted by Gasteiger charge is 2.15. The summed E-state index contributed by atoms with van der Waals surface area (Å²) >= 11 is 0. The molecule has 1 aromatic rings. The van der Waals surface area contributed by atoms with Gasteiger partial charge in [-0.05, 0) is 13.8 Å². The van der Waals surface area contributed by atoms with Crippen molar-refractivity contribution >= 4 is 0 Å². The summed E-state index contributed by atoms with van der Waals surface area (Å²) in [5.41, 5.74) is 0.876. The Balaban J connectivity index is 3.00. The SMILES string of the molecule is Cc1nc(C(C)O)oc1C(C)C. The largest absolute Gasteiger partial charge is 0.442 e. The van der Waals surface area contributed by atoms with Crippen molar-refractivity contribution in [2.45, 2.75) is 39.7 Å². The van der Waals surface area contributed by atoms with E-state index >= 15 is 0 Å². The highest BCUT2D eigenvalue weighted by molar-refractivity contribution is 5.12. The molecule has 1 N–H and O–H groups in total. The molecular formula is C9H15NO2. The number of aliphatic hydroxyl groups excluding tert-OH is 1. The molecule has 1 heterocycles. The van der Waals surface area contributed by atoms with Crippen molar-refractivity contribution in [3.8, 4) is 0 Å². The summed E-state index contributed by atoms with van der Waals surface area (Å²) in [4.78, 5) is 4.11. The van der Waals surface area contributed by atoms with E-state index in [1.54, 1.807) is 6.92 Å². The van der Waals surface area contributed by atoms with E-state index in [1.807, 2.05) is 20.8 Å². The lowest BCUT2D eigenvalue weighted by Crippen LogP contribution is -1.89. The fraction of sp³-hybridized carbons (Fsp3) is 0.667. The van der Waals surface area contributed by atoms with Gasteiger partial charge in [0.25, 0.3) is 0 Å². The van der Waals surface area contributed by atoms with Gasteiger partial charge >= 0.3 is 0 Å². The molecular weight excluding hydrogens is 154 g/mol. The van der Waals surface area contributed by atoms with Crippen molar-refractivity contribution in [2.75, 3.05) is 0 Å². The predicted molar refractivity (Wildman–Crippen MR) is 46.0 cm³/mol. The van der Waals surface area contributed by atoms with Crippen LogP contribution >= 0.6 is 0 Å². The van der Waals surface area contributed by atoms with E-state index in [9.17, 15) is 5.11 Å². The second-order valence-corrected chi connectivity index (χ2v) is 3.33. The van der Waals surface area contributed by atoms with Crippen molar-refractivity contribution in [2.24, 2.45) is 0 Å². The van der Waals surface area contributed by atoms with Crippen LogP contribution in [0.3, 0.4) is 0 Å². The molecule has 0 amide bonds. The highest BCUT2D eigenvalue weighted by atomic mass is 16.4. The second kappa shape index (κ2) is 3.27. The van der Waals surface area contributed by atoms with Crippen molar-refractivity contribution < 1.29 is 9.52 Å². The van der Waals surface area contributed by atoms with Crippen molar-refractivity contribution in [3.05, 3.63) is 17.3 Å². The topological polar surface area (TPSA) is 46.3 Å². The highest BCUT2D eigenvalue weighted by Crippen LogP contribution is 2.22. The average molecular weight is 169 g/mol. The Labute approximate surface area is 72.4 Å². The van der Waals surface area contributed by atoms with Gasteiger partial charge in [-0.1, -0.05) is 13.8 Å². The van der Waals surface area contributed by atoms with Gasteiger partial charge in [0.2, 0.25) is 5.89 Å². The number of aromatic nitrogens is 1. The van der Waals surface area contributed by atoms with Crippen LogP contribution < -0.4 is 0 Å². The van der Waals surface area contributed by atoms with Crippen LogP contribution in [0.5, 0.6) is 0 Å². The van der Waals surface area contributed by atoms with Crippen LogP contribution in [0.25, 0.3) is 0 Å². The second-order valence-electron chi connectivity index (χ2n) is 3.33. The van der Waals surface area contributed by atoms with E-state index < -0.39 is 6.10 Å². The Hall–Kier alpha value is -0.830. The molecule has 0 aliphatic carbocycles. The first-order valence-corrected chi connectivity index (χ1v) is 4.17. The lowest BCUT2D eigenvalue weighted by molar-refractivity contribution is 0.160. The molecule has 0 radical (unpaired) electrons.